The van der Waals surface area contributed by atoms with Crippen molar-refractivity contribution in [3.8, 4) is 11.5 Å². The lowest BCUT2D eigenvalue weighted by Crippen LogP contribution is -2.04. The van der Waals surface area contributed by atoms with E-state index >= 15 is 0 Å². The normalized spacial score (nSPS) is 13.0. The summed E-state index contributed by atoms with van der Waals surface area (Å²) in [5.74, 6) is 0.384. The minimum atomic E-state index is -0.307. The molecule has 0 saturated carbocycles. The van der Waals surface area contributed by atoms with Crippen LogP contribution < -0.4 is 5.73 Å². The molecule has 0 amide bonds. The molecule has 2 heterocycles. The van der Waals surface area contributed by atoms with Crippen molar-refractivity contribution >= 4 is 22.4 Å². The maximum absolute atomic E-state index is 13.9. The minimum absolute atomic E-state index is 0.107. The first-order valence-corrected chi connectivity index (χ1v) is 7.36. The molecule has 104 valence electrons. The van der Waals surface area contributed by atoms with Crippen LogP contribution in [0.2, 0.25) is 0 Å². The molecule has 1 aromatic carbocycles. The van der Waals surface area contributed by atoms with Crippen LogP contribution in [0.25, 0.3) is 22.6 Å². The van der Waals surface area contributed by atoms with Crippen molar-refractivity contribution in [2.75, 3.05) is 0 Å². The van der Waals surface area contributed by atoms with E-state index in [1.54, 1.807) is 6.07 Å². The smallest absolute Gasteiger partial charge is 0.160 e. The van der Waals surface area contributed by atoms with Crippen LogP contribution in [0.15, 0.2) is 23.6 Å². The zero-order chi connectivity index (χ0) is 14.3. The van der Waals surface area contributed by atoms with Crippen LogP contribution in [-0.4, -0.2) is 14.5 Å². The fraction of sp³-hybridized carbons (Fsp3) is 0.286. The van der Waals surface area contributed by atoms with Gasteiger partial charge in [-0.25, -0.2) is 14.4 Å². The van der Waals surface area contributed by atoms with Crippen molar-refractivity contribution in [2.24, 2.45) is 5.73 Å². The summed E-state index contributed by atoms with van der Waals surface area (Å²) in [7, 11) is 0. The highest BCUT2D eigenvalue weighted by Gasteiger charge is 2.17. The molecule has 4 nitrogen and oxygen atoms in total. The third-order valence-corrected chi connectivity index (χ3v) is 4.23. The molecule has 0 saturated heterocycles. The van der Waals surface area contributed by atoms with Gasteiger partial charge < -0.3 is 10.3 Å². The second-order valence-corrected chi connectivity index (χ2v) is 5.54. The molecule has 2 N–H and O–H groups in total. The summed E-state index contributed by atoms with van der Waals surface area (Å²) in [5.41, 5.74) is 7.76. The number of fused-ring (bicyclic) bond motifs is 1. The van der Waals surface area contributed by atoms with Gasteiger partial charge in [0.25, 0.3) is 0 Å². The van der Waals surface area contributed by atoms with Gasteiger partial charge in [-0.15, -0.1) is 11.3 Å². The van der Waals surface area contributed by atoms with Gasteiger partial charge in [0.05, 0.1) is 11.6 Å². The quantitative estimate of drug-likeness (QED) is 0.805. The number of hydrogen-bond donors (Lipinski definition) is 1. The highest BCUT2D eigenvalue weighted by atomic mass is 32.1. The van der Waals surface area contributed by atoms with Gasteiger partial charge in [-0.2, -0.15) is 0 Å². The van der Waals surface area contributed by atoms with Crippen molar-refractivity contribution in [3.05, 3.63) is 34.4 Å². The summed E-state index contributed by atoms with van der Waals surface area (Å²) >= 11 is 1.50. The number of rotatable bonds is 3. The second kappa shape index (κ2) is 4.96. The Hall–Kier alpha value is -1.79. The summed E-state index contributed by atoms with van der Waals surface area (Å²) in [6.07, 6.45) is 0. The van der Waals surface area contributed by atoms with E-state index in [1.165, 1.54) is 17.4 Å². The number of halogens is 1. The van der Waals surface area contributed by atoms with Gasteiger partial charge in [0.1, 0.15) is 16.2 Å². The standard InChI is InChI=1S/C14H15FN4S/c1-3-19-11-6-4-5-9(15)12(11)18-13(19)10-7-20-14(17-10)8(2)16/h4-8H,3,16H2,1-2H3. The predicted octanol–water partition coefficient (Wildman–Crippen LogP) is 3.34. The molecular formula is C14H15FN4S. The van der Waals surface area contributed by atoms with Crippen molar-refractivity contribution in [3.63, 3.8) is 0 Å². The molecule has 0 aliphatic carbocycles. The molecule has 1 atom stereocenters. The molecule has 20 heavy (non-hydrogen) atoms. The Kier molecular flexibility index (Phi) is 3.27. The molecule has 3 aromatic rings. The molecule has 2 aromatic heterocycles. The lowest BCUT2D eigenvalue weighted by Gasteiger charge is -2.03. The number of nitrogens with two attached hydrogens (primary N) is 1. The Balaban J connectivity index is 2.22. The third kappa shape index (κ3) is 2.01. The van der Waals surface area contributed by atoms with E-state index in [9.17, 15) is 4.39 Å². The first kappa shape index (κ1) is 13.2. The number of hydrogen-bond acceptors (Lipinski definition) is 4. The minimum Gasteiger partial charge on any atom is -0.323 e. The molecule has 6 heteroatoms. The topological polar surface area (TPSA) is 56.7 Å². The number of benzene rings is 1. The molecule has 0 aliphatic rings. The van der Waals surface area contributed by atoms with Gasteiger partial charge in [-0.1, -0.05) is 6.07 Å². The zero-order valence-electron chi connectivity index (χ0n) is 11.3. The largest absolute Gasteiger partial charge is 0.323 e. The number of thiazole rings is 1. The number of para-hydroxylation sites is 1. The maximum Gasteiger partial charge on any atom is 0.160 e. The van der Waals surface area contributed by atoms with Gasteiger partial charge >= 0.3 is 0 Å². The number of imidazole rings is 1. The molecule has 0 fully saturated rings. The van der Waals surface area contributed by atoms with E-state index in [0.717, 1.165) is 16.2 Å². The van der Waals surface area contributed by atoms with Crippen LogP contribution in [0.1, 0.15) is 24.9 Å². The van der Waals surface area contributed by atoms with Gasteiger partial charge in [0.15, 0.2) is 11.6 Å². The van der Waals surface area contributed by atoms with Crippen molar-refractivity contribution in [1.29, 1.82) is 0 Å². The zero-order valence-corrected chi connectivity index (χ0v) is 12.1. The fourth-order valence-electron chi connectivity index (χ4n) is 2.23. The number of aromatic nitrogens is 3. The van der Waals surface area contributed by atoms with E-state index in [2.05, 4.69) is 9.97 Å². The number of nitrogens with zero attached hydrogens (tertiary/aromatic N) is 3. The first-order chi connectivity index (χ1) is 9.61. The summed E-state index contributed by atoms with van der Waals surface area (Å²) in [6.45, 7) is 4.61. The van der Waals surface area contributed by atoms with Gasteiger partial charge in [0, 0.05) is 11.9 Å². The van der Waals surface area contributed by atoms with E-state index in [4.69, 9.17) is 5.73 Å². The van der Waals surface area contributed by atoms with Crippen LogP contribution in [-0.2, 0) is 6.54 Å². The van der Waals surface area contributed by atoms with Crippen molar-refractivity contribution < 1.29 is 4.39 Å². The first-order valence-electron chi connectivity index (χ1n) is 6.48. The van der Waals surface area contributed by atoms with Crippen LogP contribution in [0.4, 0.5) is 4.39 Å². The molecule has 3 rings (SSSR count). The Bertz CT molecular complexity index is 760. The maximum atomic E-state index is 13.9. The molecular weight excluding hydrogens is 275 g/mol. The third-order valence-electron chi connectivity index (χ3n) is 3.19. The second-order valence-electron chi connectivity index (χ2n) is 4.65. The lowest BCUT2D eigenvalue weighted by molar-refractivity contribution is 0.637. The molecule has 0 bridgehead atoms. The average molecular weight is 290 g/mol. The molecule has 0 aliphatic heterocycles. The SMILES string of the molecule is CCn1c(-c2csc(C(C)N)n2)nc2c(F)cccc21. The van der Waals surface area contributed by atoms with Crippen LogP contribution >= 0.6 is 11.3 Å². The van der Waals surface area contributed by atoms with Gasteiger partial charge in [-0.3, -0.25) is 0 Å². The Labute approximate surface area is 120 Å². The average Bonchev–Trinajstić information content (AvgIpc) is 3.03. The van der Waals surface area contributed by atoms with E-state index in [1.807, 2.05) is 29.9 Å². The van der Waals surface area contributed by atoms with Crippen molar-refractivity contribution in [2.45, 2.75) is 26.4 Å². The molecule has 0 radical (unpaired) electrons. The monoisotopic (exact) mass is 290 g/mol. The number of aryl methyl sites for hydroxylation is 1. The summed E-state index contributed by atoms with van der Waals surface area (Å²) in [5, 5.41) is 2.78. The van der Waals surface area contributed by atoms with Gasteiger partial charge in [-0.05, 0) is 26.0 Å². The highest BCUT2D eigenvalue weighted by molar-refractivity contribution is 7.10. The van der Waals surface area contributed by atoms with Gasteiger partial charge in [0.2, 0.25) is 0 Å². The van der Waals surface area contributed by atoms with E-state index < -0.39 is 0 Å². The Morgan fingerprint density at radius 3 is 2.85 bits per heavy atom. The van der Waals surface area contributed by atoms with Crippen LogP contribution in [0, 0.1) is 5.82 Å². The van der Waals surface area contributed by atoms with Crippen molar-refractivity contribution in [1.82, 2.24) is 14.5 Å². The lowest BCUT2D eigenvalue weighted by atomic mass is 10.3. The van der Waals surface area contributed by atoms with E-state index in [0.29, 0.717) is 17.9 Å². The summed E-state index contributed by atoms with van der Waals surface area (Å²) in [4.78, 5) is 8.92. The highest BCUT2D eigenvalue weighted by Crippen LogP contribution is 2.28. The summed E-state index contributed by atoms with van der Waals surface area (Å²) < 4.78 is 15.8. The fourth-order valence-corrected chi connectivity index (χ4v) is 2.98. The van der Waals surface area contributed by atoms with E-state index in [-0.39, 0.29) is 11.9 Å². The Morgan fingerprint density at radius 2 is 2.20 bits per heavy atom. The summed E-state index contributed by atoms with van der Waals surface area (Å²) in [6, 6.07) is 4.89. The molecule has 1 unspecified atom stereocenters. The predicted molar refractivity (Wildman–Crippen MR) is 79.1 cm³/mol. The van der Waals surface area contributed by atoms with Crippen LogP contribution in [0.3, 0.4) is 0 Å². The van der Waals surface area contributed by atoms with Crippen LogP contribution in [0.5, 0.6) is 0 Å². The molecule has 0 spiro atoms. The Morgan fingerprint density at radius 1 is 1.40 bits per heavy atom.